The van der Waals surface area contributed by atoms with Crippen LogP contribution in [0.15, 0.2) is 66.7 Å². The third-order valence-corrected chi connectivity index (χ3v) is 4.67. The molecule has 32 heavy (non-hydrogen) atoms. The summed E-state index contributed by atoms with van der Waals surface area (Å²) in [5, 5.41) is 14.2. The maximum absolute atomic E-state index is 12.5. The smallest absolute Gasteiger partial charge is 0.342 e. The van der Waals surface area contributed by atoms with E-state index in [1.54, 1.807) is 42.5 Å². The Balaban J connectivity index is 1.62. The van der Waals surface area contributed by atoms with Crippen LogP contribution in [0.5, 0.6) is 5.75 Å². The average Bonchev–Trinajstić information content (AvgIpc) is 2.77. The lowest BCUT2D eigenvalue weighted by Gasteiger charge is -2.12. The first kappa shape index (κ1) is 23.1. The van der Waals surface area contributed by atoms with Gasteiger partial charge in [-0.05, 0) is 42.0 Å². The molecule has 0 spiro atoms. The van der Waals surface area contributed by atoms with E-state index < -0.39 is 23.4 Å². The molecule has 1 amide bonds. The summed E-state index contributed by atoms with van der Waals surface area (Å²) in [6.07, 6.45) is 0. The fraction of sp³-hybridized carbons (Fsp3) is 0.0909. The van der Waals surface area contributed by atoms with Gasteiger partial charge in [0, 0.05) is 16.1 Å². The predicted octanol–water partition coefficient (Wildman–Crippen LogP) is 5.28. The van der Waals surface area contributed by atoms with Crippen LogP contribution >= 0.6 is 23.2 Å². The maximum atomic E-state index is 12.5. The van der Waals surface area contributed by atoms with Crippen molar-refractivity contribution in [2.24, 2.45) is 0 Å². The molecule has 3 aromatic rings. The lowest BCUT2D eigenvalue weighted by Crippen LogP contribution is -2.21. The van der Waals surface area contributed by atoms with Crippen molar-refractivity contribution < 1.29 is 24.0 Å². The average molecular weight is 475 g/mol. The highest BCUT2D eigenvalue weighted by atomic mass is 35.5. The highest BCUT2D eigenvalue weighted by Crippen LogP contribution is 2.27. The second kappa shape index (κ2) is 10.6. The summed E-state index contributed by atoms with van der Waals surface area (Å²) in [7, 11) is 0. The Morgan fingerprint density at radius 3 is 2.38 bits per heavy atom. The van der Waals surface area contributed by atoms with Crippen molar-refractivity contribution in [2.45, 2.75) is 6.61 Å². The molecule has 0 radical (unpaired) electrons. The Bertz CT molecular complexity index is 1150. The summed E-state index contributed by atoms with van der Waals surface area (Å²) in [6, 6.07) is 17.2. The number of nitrogens with zero attached hydrogens (tertiary/aromatic N) is 1. The van der Waals surface area contributed by atoms with Crippen molar-refractivity contribution in [3.8, 4) is 5.75 Å². The number of hydrogen-bond donors (Lipinski definition) is 1. The molecular weight excluding hydrogens is 459 g/mol. The van der Waals surface area contributed by atoms with Crippen LogP contribution < -0.4 is 10.1 Å². The number of anilines is 1. The molecule has 0 heterocycles. The van der Waals surface area contributed by atoms with Crippen LogP contribution in [0.2, 0.25) is 10.0 Å². The quantitative estimate of drug-likeness (QED) is 0.270. The zero-order chi connectivity index (χ0) is 23.1. The maximum Gasteiger partial charge on any atom is 0.342 e. The van der Waals surface area contributed by atoms with Crippen molar-refractivity contribution in [3.63, 3.8) is 0 Å². The van der Waals surface area contributed by atoms with Crippen LogP contribution in [0.3, 0.4) is 0 Å². The number of esters is 1. The van der Waals surface area contributed by atoms with Gasteiger partial charge in [-0.25, -0.2) is 4.79 Å². The second-order valence-corrected chi connectivity index (χ2v) is 7.33. The van der Waals surface area contributed by atoms with E-state index in [0.29, 0.717) is 5.02 Å². The van der Waals surface area contributed by atoms with Crippen molar-refractivity contribution in [3.05, 3.63) is 98.0 Å². The van der Waals surface area contributed by atoms with Gasteiger partial charge in [-0.1, -0.05) is 47.5 Å². The van der Waals surface area contributed by atoms with Gasteiger partial charge in [0.2, 0.25) is 0 Å². The number of amides is 1. The molecule has 0 fully saturated rings. The van der Waals surface area contributed by atoms with E-state index in [9.17, 15) is 19.7 Å². The molecule has 0 saturated heterocycles. The second-order valence-electron chi connectivity index (χ2n) is 6.45. The first-order valence-electron chi connectivity index (χ1n) is 9.20. The highest BCUT2D eigenvalue weighted by Gasteiger charge is 2.19. The highest BCUT2D eigenvalue weighted by molar-refractivity contribution is 6.31. The summed E-state index contributed by atoms with van der Waals surface area (Å²) < 4.78 is 10.8. The van der Waals surface area contributed by atoms with E-state index in [1.807, 2.05) is 0 Å². The third-order valence-electron chi connectivity index (χ3n) is 4.18. The molecule has 0 aromatic heterocycles. The van der Waals surface area contributed by atoms with Crippen LogP contribution in [0.1, 0.15) is 15.9 Å². The summed E-state index contributed by atoms with van der Waals surface area (Å²) >= 11 is 11.7. The van der Waals surface area contributed by atoms with Gasteiger partial charge in [0.1, 0.15) is 23.6 Å². The van der Waals surface area contributed by atoms with Crippen LogP contribution in [-0.2, 0) is 16.1 Å². The minimum Gasteiger partial charge on any atom is -0.488 e. The van der Waals surface area contributed by atoms with E-state index in [4.69, 9.17) is 32.7 Å². The van der Waals surface area contributed by atoms with E-state index in [-0.39, 0.29) is 34.3 Å². The molecule has 0 atom stereocenters. The Labute approximate surface area is 192 Å². The molecule has 0 unspecified atom stereocenters. The zero-order valence-electron chi connectivity index (χ0n) is 16.4. The van der Waals surface area contributed by atoms with Gasteiger partial charge >= 0.3 is 5.97 Å². The fourth-order valence-electron chi connectivity index (χ4n) is 2.67. The minimum absolute atomic E-state index is 0.102. The number of carbonyl (C=O) groups excluding carboxylic acids is 2. The molecule has 1 N–H and O–H groups in total. The topological polar surface area (TPSA) is 108 Å². The molecule has 8 nitrogen and oxygen atoms in total. The summed E-state index contributed by atoms with van der Waals surface area (Å²) in [6.45, 7) is -0.464. The van der Waals surface area contributed by atoms with E-state index in [0.717, 1.165) is 11.6 Å². The Morgan fingerprint density at radius 2 is 1.66 bits per heavy atom. The molecule has 10 heteroatoms. The standard InChI is InChI=1S/C22H16Cl2N2O6/c23-15-7-5-14(6-8-15)12-31-20-4-2-1-3-17(20)22(28)32-13-21(27)25-18-11-16(24)9-10-19(18)26(29)30/h1-11H,12-13H2,(H,25,27). The van der Waals surface area contributed by atoms with E-state index in [1.165, 1.54) is 18.2 Å². The number of nitrogens with one attached hydrogen (secondary N) is 1. The number of rotatable bonds is 8. The molecule has 0 aliphatic rings. The van der Waals surface area contributed by atoms with Gasteiger partial charge in [0.25, 0.3) is 11.6 Å². The first-order valence-corrected chi connectivity index (χ1v) is 9.96. The molecule has 3 rings (SSSR count). The number of nitro groups is 1. The number of hydrogen-bond acceptors (Lipinski definition) is 6. The van der Waals surface area contributed by atoms with Gasteiger partial charge in [0.15, 0.2) is 6.61 Å². The minimum atomic E-state index is -0.785. The van der Waals surface area contributed by atoms with Crippen molar-refractivity contribution in [1.82, 2.24) is 0 Å². The van der Waals surface area contributed by atoms with Gasteiger partial charge in [-0.3, -0.25) is 14.9 Å². The Morgan fingerprint density at radius 1 is 0.969 bits per heavy atom. The van der Waals surface area contributed by atoms with Crippen molar-refractivity contribution in [1.29, 1.82) is 0 Å². The van der Waals surface area contributed by atoms with Crippen LogP contribution in [0.25, 0.3) is 0 Å². The molecular formula is C22H16Cl2N2O6. The van der Waals surface area contributed by atoms with Crippen molar-refractivity contribution in [2.75, 3.05) is 11.9 Å². The monoisotopic (exact) mass is 474 g/mol. The molecule has 164 valence electrons. The summed E-state index contributed by atoms with van der Waals surface area (Å²) in [5.74, 6) is -1.27. The molecule has 0 bridgehead atoms. The predicted molar refractivity (Wildman–Crippen MR) is 119 cm³/mol. The Kier molecular flexibility index (Phi) is 7.64. The Hall–Kier alpha value is -3.62. The van der Waals surface area contributed by atoms with E-state index >= 15 is 0 Å². The lowest BCUT2D eigenvalue weighted by molar-refractivity contribution is -0.383. The molecule has 3 aromatic carbocycles. The van der Waals surface area contributed by atoms with Gasteiger partial charge in [-0.2, -0.15) is 0 Å². The first-order chi connectivity index (χ1) is 15.3. The van der Waals surface area contributed by atoms with Gasteiger partial charge < -0.3 is 14.8 Å². The zero-order valence-corrected chi connectivity index (χ0v) is 17.9. The number of carbonyl (C=O) groups is 2. The van der Waals surface area contributed by atoms with Crippen LogP contribution in [0, 0.1) is 10.1 Å². The van der Waals surface area contributed by atoms with Gasteiger partial charge in [0.05, 0.1) is 4.92 Å². The van der Waals surface area contributed by atoms with Crippen LogP contribution in [0.4, 0.5) is 11.4 Å². The molecule has 0 saturated carbocycles. The van der Waals surface area contributed by atoms with Crippen molar-refractivity contribution >= 4 is 46.5 Å². The number of para-hydroxylation sites is 1. The fourth-order valence-corrected chi connectivity index (χ4v) is 2.96. The normalized spacial score (nSPS) is 10.3. The van der Waals surface area contributed by atoms with Crippen LogP contribution in [-0.4, -0.2) is 23.4 Å². The number of benzene rings is 3. The number of ether oxygens (including phenoxy) is 2. The molecule has 0 aliphatic heterocycles. The largest absolute Gasteiger partial charge is 0.488 e. The summed E-state index contributed by atoms with van der Waals surface area (Å²) in [5.41, 5.74) is 0.535. The lowest BCUT2D eigenvalue weighted by atomic mass is 10.2. The third kappa shape index (κ3) is 6.19. The van der Waals surface area contributed by atoms with E-state index in [2.05, 4.69) is 5.32 Å². The number of nitro benzene ring substituents is 1. The SMILES string of the molecule is O=C(COC(=O)c1ccccc1OCc1ccc(Cl)cc1)Nc1cc(Cl)ccc1[N+](=O)[O-]. The van der Waals surface area contributed by atoms with Gasteiger partial charge in [-0.15, -0.1) is 0 Å². The number of halogens is 2. The summed E-state index contributed by atoms with van der Waals surface area (Å²) in [4.78, 5) is 35.1. The molecule has 0 aliphatic carbocycles.